The number of esters is 2. The summed E-state index contributed by atoms with van der Waals surface area (Å²) in [6.45, 7) is 18.9. The molecule has 2 aromatic carbocycles. The number of hydrogen-bond donors (Lipinski definition) is 4. The lowest BCUT2D eigenvalue weighted by Gasteiger charge is -2.39. The average Bonchev–Trinajstić information content (AvgIpc) is 2.03. The molecule has 0 aromatic heterocycles. The van der Waals surface area contributed by atoms with Crippen LogP contribution in [-0.2, 0) is 70.3 Å². The predicted molar refractivity (Wildman–Crippen MR) is 326 cm³/mol. The quantitative estimate of drug-likeness (QED) is 0.104. The Hall–Kier alpha value is -6.90. The largest absolute Gasteiger partial charge is 0.466 e. The van der Waals surface area contributed by atoms with Crippen LogP contribution in [-0.4, -0.2) is 190 Å². The fourth-order valence-electron chi connectivity index (χ4n) is 11.6. The lowest BCUT2D eigenvalue weighted by atomic mass is 9.94. The molecule has 478 valence electrons. The minimum absolute atomic E-state index is 0.000806. The number of nitrogens with zero attached hydrogens (tertiary/aromatic N) is 5. The summed E-state index contributed by atoms with van der Waals surface area (Å²) in [5.74, 6) is -9.58. The van der Waals surface area contributed by atoms with Crippen LogP contribution in [0, 0.1) is 23.7 Å². The molecule has 8 amide bonds. The molecule has 2 aliphatic heterocycles. The van der Waals surface area contributed by atoms with Crippen LogP contribution >= 0.6 is 0 Å². The van der Waals surface area contributed by atoms with Crippen molar-refractivity contribution < 1.29 is 62.5 Å². The molecule has 4 rings (SSSR count). The van der Waals surface area contributed by atoms with E-state index in [2.05, 4.69) is 22.9 Å². The molecular weight excluding hydrogens is 1100 g/mol. The van der Waals surface area contributed by atoms with Crippen molar-refractivity contribution in [2.24, 2.45) is 23.7 Å². The lowest BCUT2D eigenvalue weighted by Crippen LogP contribution is -2.62. The zero-order valence-electron chi connectivity index (χ0n) is 53.8. The topological polar surface area (TPSA) is 262 Å². The number of carbonyl (C=O) groups is 10. The van der Waals surface area contributed by atoms with Crippen LogP contribution in [0.5, 0.6) is 0 Å². The van der Waals surface area contributed by atoms with Crippen LogP contribution in [0.1, 0.15) is 151 Å². The summed E-state index contributed by atoms with van der Waals surface area (Å²) in [5.41, 5.74) is -0.648. The van der Waals surface area contributed by atoms with Gasteiger partial charge in [-0.1, -0.05) is 142 Å². The fraction of sp³-hybridized carbons (Fsp3) is 0.662. The monoisotopic (exact) mass is 1200 g/mol. The molecule has 2 aliphatic rings. The normalized spacial score (nSPS) is 24.8. The second-order valence-corrected chi connectivity index (χ2v) is 25.2. The van der Waals surface area contributed by atoms with Gasteiger partial charge in [-0.2, -0.15) is 0 Å². The van der Waals surface area contributed by atoms with Gasteiger partial charge in [-0.3, -0.25) is 43.2 Å². The Morgan fingerprint density at radius 3 is 1.67 bits per heavy atom. The molecule has 21 heteroatoms. The van der Waals surface area contributed by atoms with E-state index in [9.17, 15) is 33.9 Å². The first-order chi connectivity index (χ1) is 40.5. The van der Waals surface area contributed by atoms with E-state index in [-0.39, 0.29) is 57.6 Å². The van der Waals surface area contributed by atoms with Crippen molar-refractivity contribution in [2.75, 3.05) is 41.3 Å². The van der Waals surface area contributed by atoms with E-state index in [0.29, 0.717) is 30.4 Å². The molecule has 0 spiro atoms. The Balaban J connectivity index is 1.97. The third-order valence-electron chi connectivity index (χ3n) is 16.5. The summed E-state index contributed by atoms with van der Waals surface area (Å²) in [7, 11) is 5.53. The molecule has 4 N–H and O–H groups in total. The number of aliphatic hydroxyl groups is 1. The Bertz CT molecular complexity index is 2610. The van der Waals surface area contributed by atoms with E-state index in [1.807, 2.05) is 32.0 Å². The van der Waals surface area contributed by atoms with Gasteiger partial charge in [-0.25, -0.2) is 4.79 Å². The molecular formula is C65H100N8O13. The number of fused-ring (bicyclic) bond motifs is 1. The van der Waals surface area contributed by atoms with E-state index in [4.69, 9.17) is 9.47 Å². The second kappa shape index (κ2) is 33.3. The van der Waals surface area contributed by atoms with Gasteiger partial charge >= 0.3 is 11.9 Å². The molecule has 0 aliphatic carbocycles. The highest BCUT2D eigenvalue weighted by Crippen LogP contribution is 2.27. The molecule has 0 unspecified atom stereocenters. The van der Waals surface area contributed by atoms with Gasteiger partial charge in [0.15, 0.2) is 12.1 Å². The van der Waals surface area contributed by atoms with Crippen molar-refractivity contribution in [3.63, 3.8) is 0 Å². The van der Waals surface area contributed by atoms with Crippen LogP contribution in [0.3, 0.4) is 0 Å². The first kappa shape index (κ1) is 71.6. The van der Waals surface area contributed by atoms with Gasteiger partial charge in [0.1, 0.15) is 42.3 Å². The van der Waals surface area contributed by atoms with Crippen LogP contribution in [0.25, 0.3) is 0 Å². The summed E-state index contributed by atoms with van der Waals surface area (Å²) in [4.78, 5) is 154. The van der Waals surface area contributed by atoms with Gasteiger partial charge in [0.05, 0.1) is 12.2 Å². The van der Waals surface area contributed by atoms with E-state index in [0.717, 1.165) is 29.1 Å². The van der Waals surface area contributed by atoms with Crippen molar-refractivity contribution in [3.05, 3.63) is 71.8 Å². The zero-order chi connectivity index (χ0) is 64.3. The van der Waals surface area contributed by atoms with Gasteiger partial charge in [-0.15, -0.1) is 0 Å². The number of likely N-dealkylation sites (N-methyl/N-ethyl adjacent to an activating group) is 4. The molecule has 0 radical (unpaired) electrons. The van der Waals surface area contributed by atoms with Crippen molar-refractivity contribution >= 4 is 59.2 Å². The van der Waals surface area contributed by atoms with E-state index in [1.165, 1.54) is 56.7 Å². The first-order valence-corrected chi connectivity index (χ1v) is 30.9. The van der Waals surface area contributed by atoms with Gasteiger partial charge in [0, 0.05) is 59.9 Å². The highest BCUT2D eigenvalue weighted by molar-refractivity contribution is 5.99. The second-order valence-electron chi connectivity index (χ2n) is 25.2. The number of benzene rings is 2. The van der Waals surface area contributed by atoms with Crippen molar-refractivity contribution in [1.82, 2.24) is 40.4 Å². The van der Waals surface area contributed by atoms with Crippen LogP contribution in [0.4, 0.5) is 0 Å². The van der Waals surface area contributed by atoms with Crippen molar-refractivity contribution in [3.8, 4) is 0 Å². The van der Waals surface area contributed by atoms with E-state index >= 15 is 19.2 Å². The molecule has 21 nitrogen and oxygen atoms in total. The SMILES string of the molecule is CCCCCCOC(=O)CC[C@@H]1NC(=O)[C@@H]2CCCN2C(=O)[C@H](Cc2ccccc2)N(C)C(=O)[C@H](Cc2ccccc2)NC(=O)[C@H](C(C)C)N(C)C(=O)[C@@H]([C@H](C)CC)OC(=O)[C@H](C(C)(C)O)N(C)C(=O)[C@H](CC(C)C)NC(=O)[C@H](C(C)C)N(C)C1=O. The maximum atomic E-state index is 15.4. The number of amides is 8. The minimum atomic E-state index is -2.01. The van der Waals surface area contributed by atoms with Crippen molar-refractivity contribution in [2.45, 2.75) is 213 Å². The molecule has 0 bridgehead atoms. The molecule has 2 fully saturated rings. The Kier molecular flexibility index (Phi) is 27.7. The fourth-order valence-corrected chi connectivity index (χ4v) is 11.6. The molecule has 86 heavy (non-hydrogen) atoms. The number of nitrogens with one attached hydrogen (secondary N) is 3. The standard InChI is InChI=1S/C65H100N8O13/c1-16-18-19-26-36-85-51(74)34-33-46-59(78)70(13)52(41(5)6)57(76)67-47(37-40(3)4)61(80)72(15)55(65(10,11)84)64(83)86-54(43(9)17-2)63(82)71(14)53(42(7)8)58(77)68-48(38-44-28-22-20-23-29-44)60(79)69(12)50(39-45-30-24-21-25-31-45)62(81)73-35-27-32-49(73)56(75)66-46/h20-25,28-31,40-43,46-50,52-55,84H,16-19,26-27,32-39H2,1-15H3,(H,66,75)(H,67,76)(H,68,77)/t43-,46+,47+,48+,49+,50+,52+,53+,54-,55-/m1/s1. The molecule has 0 saturated carbocycles. The third kappa shape index (κ3) is 19.6. The minimum Gasteiger partial charge on any atom is -0.466 e. The van der Waals surface area contributed by atoms with E-state index < -0.39 is 137 Å². The highest BCUT2D eigenvalue weighted by Gasteiger charge is 2.48. The number of rotatable bonds is 19. The maximum Gasteiger partial charge on any atom is 0.332 e. The Morgan fingerprint density at radius 2 is 1.15 bits per heavy atom. The lowest BCUT2D eigenvalue weighted by molar-refractivity contribution is -0.177. The summed E-state index contributed by atoms with van der Waals surface area (Å²) >= 11 is 0. The first-order valence-electron chi connectivity index (χ1n) is 30.9. The number of ether oxygens (including phenoxy) is 2. The Morgan fingerprint density at radius 1 is 0.640 bits per heavy atom. The predicted octanol–water partition coefficient (Wildman–Crippen LogP) is 5.23. The number of unbranched alkanes of at least 4 members (excludes halogenated alkanes) is 3. The van der Waals surface area contributed by atoms with E-state index in [1.54, 1.807) is 84.0 Å². The van der Waals surface area contributed by atoms with Crippen LogP contribution in [0.15, 0.2) is 60.7 Å². The van der Waals surface area contributed by atoms with Gasteiger partial charge in [0.2, 0.25) is 41.4 Å². The smallest absolute Gasteiger partial charge is 0.332 e. The van der Waals surface area contributed by atoms with Crippen molar-refractivity contribution in [1.29, 1.82) is 0 Å². The van der Waals surface area contributed by atoms with Gasteiger partial charge < -0.3 is 55.0 Å². The average molecular weight is 1200 g/mol. The van der Waals surface area contributed by atoms with Gasteiger partial charge in [-0.05, 0) is 81.3 Å². The number of cyclic esters (lactones) is 1. The summed E-state index contributed by atoms with van der Waals surface area (Å²) in [6, 6.07) is 7.19. The Labute approximate surface area is 510 Å². The molecule has 10 atom stereocenters. The molecule has 2 saturated heterocycles. The van der Waals surface area contributed by atoms with Crippen LogP contribution < -0.4 is 16.0 Å². The number of hydrogen-bond acceptors (Lipinski definition) is 13. The zero-order valence-corrected chi connectivity index (χ0v) is 53.8. The third-order valence-corrected chi connectivity index (χ3v) is 16.5. The molecule has 2 heterocycles. The summed E-state index contributed by atoms with van der Waals surface area (Å²) in [6.07, 6.45) is 2.22. The highest BCUT2D eigenvalue weighted by atomic mass is 16.6. The maximum absolute atomic E-state index is 15.4. The van der Waals surface area contributed by atoms with Crippen LogP contribution in [0.2, 0.25) is 0 Å². The summed E-state index contributed by atoms with van der Waals surface area (Å²) < 4.78 is 11.6. The molecule has 2 aromatic rings. The van der Waals surface area contributed by atoms with Gasteiger partial charge in [0.25, 0.3) is 5.91 Å². The number of carbonyl (C=O) groups excluding carboxylic acids is 10. The summed E-state index contributed by atoms with van der Waals surface area (Å²) in [5, 5.41) is 20.4.